The van der Waals surface area contributed by atoms with Crippen molar-refractivity contribution in [3.05, 3.63) is 64.5 Å². The lowest BCUT2D eigenvalue weighted by atomic mass is 10.0. The minimum Gasteiger partial charge on any atom is -0.497 e. The van der Waals surface area contributed by atoms with Crippen LogP contribution in [0.3, 0.4) is 0 Å². The summed E-state index contributed by atoms with van der Waals surface area (Å²) in [5.74, 6) is 0.923. The molecule has 1 N–H and O–H groups in total. The van der Waals surface area contributed by atoms with E-state index in [0.29, 0.717) is 5.95 Å². The van der Waals surface area contributed by atoms with Crippen molar-refractivity contribution in [2.45, 2.75) is 20.3 Å². The number of aryl methyl sites for hydroxylation is 2. The van der Waals surface area contributed by atoms with Gasteiger partial charge in [-0.2, -0.15) is 4.98 Å². The number of ether oxygens (including phenoxy) is 1. The zero-order chi connectivity index (χ0) is 19.7. The first-order chi connectivity index (χ1) is 13.5. The van der Waals surface area contributed by atoms with Gasteiger partial charge in [0, 0.05) is 10.9 Å². The Labute approximate surface area is 166 Å². The highest BCUT2D eigenvalue weighted by Gasteiger charge is 2.15. The Morgan fingerprint density at radius 3 is 2.68 bits per heavy atom. The van der Waals surface area contributed by atoms with Gasteiger partial charge in [-0.15, -0.1) is 16.4 Å². The average Bonchev–Trinajstić information content (AvgIpc) is 3.23. The number of hydrogen-bond acceptors (Lipinski definition) is 5. The van der Waals surface area contributed by atoms with E-state index in [4.69, 9.17) is 4.74 Å². The van der Waals surface area contributed by atoms with E-state index in [1.54, 1.807) is 11.6 Å². The van der Waals surface area contributed by atoms with Crippen molar-refractivity contribution in [1.29, 1.82) is 0 Å². The first-order valence-electron chi connectivity index (χ1n) is 8.88. The summed E-state index contributed by atoms with van der Waals surface area (Å²) in [7, 11) is 1.62. The third kappa shape index (κ3) is 3.61. The van der Waals surface area contributed by atoms with Crippen molar-refractivity contribution >= 4 is 28.2 Å². The minimum atomic E-state index is -0.156. The number of aromatic nitrogens is 3. The fourth-order valence-electron chi connectivity index (χ4n) is 3.12. The number of carbonyl (C=O) groups is 1. The van der Waals surface area contributed by atoms with E-state index in [9.17, 15) is 4.79 Å². The molecule has 2 heterocycles. The molecular formula is C21H20N4O2S. The second kappa shape index (κ2) is 7.44. The average molecular weight is 392 g/mol. The predicted molar refractivity (Wildman–Crippen MR) is 111 cm³/mol. The molecule has 4 rings (SSSR count). The minimum absolute atomic E-state index is 0.156. The first-order valence-corrected chi connectivity index (χ1v) is 9.76. The van der Waals surface area contributed by atoms with Crippen LogP contribution < -0.4 is 10.1 Å². The van der Waals surface area contributed by atoms with Gasteiger partial charge >= 0.3 is 0 Å². The first kappa shape index (κ1) is 18.2. The van der Waals surface area contributed by atoms with Crippen molar-refractivity contribution in [3.63, 3.8) is 0 Å². The van der Waals surface area contributed by atoms with E-state index in [0.717, 1.165) is 27.5 Å². The highest BCUT2D eigenvalue weighted by atomic mass is 32.1. The van der Waals surface area contributed by atoms with Crippen LogP contribution in [0.4, 0.5) is 5.95 Å². The maximum atomic E-state index is 12.4. The number of nitrogens with zero attached hydrogens (tertiary/aromatic N) is 3. The molecule has 4 aromatic rings. The lowest BCUT2D eigenvalue weighted by Crippen LogP contribution is -2.15. The Balaban J connectivity index is 1.53. The normalized spacial score (nSPS) is 11.0. The van der Waals surface area contributed by atoms with Crippen LogP contribution in [0.25, 0.3) is 16.2 Å². The number of nitrogens with one attached hydrogen (secondary N) is 1. The van der Waals surface area contributed by atoms with Crippen LogP contribution in [0.5, 0.6) is 5.75 Å². The number of anilines is 1. The number of thiazole rings is 1. The number of fused-ring (bicyclic) bond motifs is 1. The van der Waals surface area contributed by atoms with Gasteiger partial charge in [-0.25, -0.2) is 4.52 Å². The zero-order valence-electron chi connectivity index (χ0n) is 15.9. The third-order valence-corrected chi connectivity index (χ3v) is 5.33. The van der Waals surface area contributed by atoms with Gasteiger partial charge < -0.3 is 4.74 Å². The van der Waals surface area contributed by atoms with Crippen LogP contribution in [-0.4, -0.2) is 27.6 Å². The summed E-state index contributed by atoms with van der Waals surface area (Å²) in [6, 6.07) is 13.7. The standard InChI is InChI=1S/C21H20N4O2S/c1-13-4-9-17(14(2)10-13)18-12-28-21-23-20(24-25(18)21)22-19(26)11-15-5-7-16(27-3)8-6-15/h4-10,12H,11H2,1-3H3,(H,22,24,26). The second-order valence-corrected chi connectivity index (χ2v) is 7.48. The zero-order valence-corrected chi connectivity index (χ0v) is 16.7. The maximum Gasteiger partial charge on any atom is 0.250 e. The Hall–Kier alpha value is -3.19. The van der Waals surface area contributed by atoms with Gasteiger partial charge in [-0.05, 0) is 37.1 Å². The monoisotopic (exact) mass is 392 g/mol. The Kier molecular flexibility index (Phi) is 4.83. The Morgan fingerprint density at radius 2 is 1.96 bits per heavy atom. The van der Waals surface area contributed by atoms with E-state index < -0.39 is 0 Å². The summed E-state index contributed by atoms with van der Waals surface area (Å²) in [5.41, 5.74) is 5.38. The van der Waals surface area contributed by atoms with Crippen LogP contribution in [0.15, 0.2) is 47.8 Å². The lowest BCUT2D eigenvalue weighted by Gasteiger charge is -2.05. The van der Waals surface area contributed by atoms with E-state index >= 15 is 0 Å². The Bertz CT molecular complexity index is 1150. The fourth-order valence-corrected chi connectivity index (χ4v) is 3.94. The van der Waals surface area contributed by atoms with Crippen LogP contribution in [0.1, 0.15) is 16.7 Å². The van der Waals surface area contributed by atoms with Crippen LogP contribution in [0.2, 0.25) is 0 Å². The van der Waals surface area contributed by atoms with Gasteiger partial charge in [-0.1, -0.05) is 35.9 Å². The predicted octanol–water partition coefficient (Wildman–Crippen LogP) is 4.26. The third-order valence-electron chi connectivity index (χ3n) is 4.51. The van der Waals surface area contributed by atoms with E-state index in [1.807, 2.05) is 29.6 Å². The molecule has 0 aliphatic rings. The molecular weight excluding hydrogens is 372 g/mol. The molecule has 2 aromatic heterocycles. The SMILES string of the molecule is COc1ccc(CC(=O)Nc2nc3scc(-c4ccc(C)cc4C)n3n2)cc1. The molecule has 28 heavy (non-hydrogen) atoms. The maximum absolute atomic E-state index is 12.4. The topological polar surface area (TPSA) is 68.5 Å². The number of amides is 1. The van der Waals surface area contributed by atoms with Gasteiger partial charge in [0.05, 0.1) is 19.2 Å². The van der Waals surface area contributed by atoms with Gasteiger partial charge in [0.1, 0.15) is 5.75 Å². The van der Waals surface area contributed by atoms with Crippen molar-refractivity contribution in [1.82, 2.24) is 14.6 Å². The lowest BCUT2D eigenvalue weighted by molar-refractivity contribution is -0.115. The van der Waals surface area contributed by atoms with Crippen molar-refractivity contribution in [2.24, 2.45) is 0 Å². The van der Waals surface area contributed by atoms with Crippen LogP contribution in [-0.2, 0) is 11.2 Å². The van der Waals surface area contributed by atoms with Crippen molar-refractivity contribution < 1.29 is 9.53 Å². The Morgan fingerprint density at radius 1 is 1.18 bits per heavy atom. The van der Waals surface area contributed by atoms with Gasteiger partial charge in [0.25, 0.3) is 0 Å². The van der Waals surface area contributed by atoms with E-state index in [1.165, 1.54) is 22.5 Å². The molecule has 2 aromatic carbocycles. The molecule has 6 nitrogen and oxygen atoms in total. The largest absolute Gasteiger partial charge is 0.497 e. The highest BCUT2D eigenvalue weighted by Crippen LogP contribution is 2.28. The molecule has 7 heteroatoms. The smallest absolute Gasteiger partial charge is 0.250 e. The fraction of sp³-hybridized carbons (Fsp3) is 0.190. The number of hydrogen-bond donors (Lipinski definition) is 1. The van der Waals surface area contributed by atoms with Gasteiger partial charge in [0.2, 0.25) is 16.8 Å². The molecule has 0 aliphatic heterocycles. The molecule has 0 spiro atoms. The van der Waals surface area contributed by atoms with Gasteiger partial charge in [-0.3, -0.25) is 10.1 Å². The van der Waals surface area contributed by atoms with E-state index in [-0.39, 0.29) is 12.3 Å². The molecule has 1 amide bonds. The van der Waals surface area contributed by atoms with Crippen molar-refractivity contribution in [3.8, 4) is 17.0 Å². The molecule has 142 valence electrons. The van der Waals surface area contributed by atoms with Gasteiger partial charge in [0.15, 0.2) is 0 Å². The molecule has 0 atom stereocenters. The quantitative estimate of drug-likeness (QED) is 0.551. The van der Waals surface area contributed by atoms with Crippen molar-refractivity contribution in [2.75, 3.05) is 12.4 Å². The second-order valence-electron chi connectivity index (χ2n) is 6.64. The summed E-state index contributed by atoms with van der Waals surface area (Å²) in [4.78, 5) is 17.5. The highest BCUT2D eigenvalue weighted by molar-refractivity contribution is 7.15. The molecule has 0 radical (unpaired) electrons. The van der Waals surface area contributed by atoms with Crippen LogP contribution in [0, 0.1) is 13.8 Å². The summed E-state index contributed by atoms with van der Waals surface area (Å²) in [6.07, 6.45) is 0.251. The summed E-state index contributed by atoms with van der Waals surface area (Å²) in [5, 5.41) is 9.31. The number of benzene rings is 2. The number of carbonyl (C=O) groups excluding carboxylic acids is 1. The molecule has 0 fully saturated rings. The summed E-state index contributed by atoms with van der Waals surface area (Å²) in [6.45, 7) is 4.16. The van der Waals surface area contributed by atoms with E-state index in [2.05, 4.69) is 47.4 Å². The van der Waals surface area contributed by atoms with Crippen LogP contribution >= 0.6 is 11.3 Å². The molecule has 0 aliphatic carbocycles. The summed E-state index contributed by atoms with van der Waals surface area (Å²) >= 11 is 1.50. The molecule has 0 unspecified atom stereocenters. The number of rotatable bonds is 5. The molecule has 0 saturated heterocycles. The molecule has 0 saturated carbocycles. The summed E-state index contributed by atoms with van der Waals surface area (Å²) < 4.78 is 6.92. The number of methoxy groups -OCH3 is 1. The molecule has 0 bridgehead atoms.